The first-order valence-corrected chi connectivity index (χ1v) is 13.7. The molecule has 0 unspecified atom stereocenters. The third-order valence-electron chi connectivity index (χ3n) is 7.48. The maximum absolute atomic E-state index is 13.1. The van der Waals surface area contributed by atoms with Crippen LogP contribution in [0.1, 0.15) is 21.5 Å². The largest absolute Gasteiger partial charge is 0.416 e. The number of hydrogen-bond acceptors (Lipinski definition) is 5. The Kier molecular flexibility index (Phi) is 7.53. The highest BCUT2D eigenvalue weighted by molar-refractivity contribution is 6.05. The zero-order chi connectivity index (χ0) is 29.3. The lowest BCUT2D eigenvalue weighted by Crippen LogP contribution is -2.38. The molecule has 5 aromatic rings. The molecule has 1 amide bonds. The van der Waals surface area contributed by atoms with E-state index in [0.29, 0.717) is 5.56 Å². The van der Waals surface area contributed by atoms with Gasteiger partial charge >= 0.3 is 6.18 Å². The molecule has 6 rings (SSSR count). The molecule has 11 heteroatoms. The fraction of sp³-hybridized carbons (Fsp3) is 0.258. The highest BCUT2D eigenvalue weighted by Gasteiger charge is 2.30. The van der Waals surface area contributed by atoms with Crippen molar-refractivity contribution in [3.05, 3.63) is 89.7 Å². The molecule has 2 N–H and O–H groups in total. The van der Waals surface area contributed by atoms with Gasteiger partial charge in [-0.3, -0.25) is 19.5 Å². The molecule has 3 aromatic carbocycles. The molecule has 216 valence electrons. The SMILES string of the molecule is Cc1ccc(C(=O)Nc2cccc(C(F)(F)F)c2)cc1-c1ccc2c(-c3cnn(CCN4CCOCC4)c3)n[nH]c2c1. The van der Waals surface area contributed by atoms with Gasteiger partial charge in [0.2, 0.25) is 0 Å². The van der Waals surface area contributed by atoms with Gasteiger partial charge in [0.15, 0.2) is 0 Å². The van der Waals surface area contributed by atoms with Crippen LogP contribution in [0.15, 0.2) is 73.1 Å². The van der Waals surface area contributed by atoms with Crippen molar-refractivity contribution in [2.24, 2.45) is 0 Å². The molecular formula is C31H29F3N6O2. The number of nitrogens with zero attached hydrogens (tertiary/aromatic N) is 4. The molecular weight excluding hydrogens is 545 g/mol. The Morgan fingerprint density at radius 1 is 1.02 bits per heavy atom. The Balaban J connectivity index is 1.20. The molecule has 0 bridgehead atoms. The minimum absolute atomic E-state index is 0.0766. The van der Waals surface area contributed by atoms with Crippen molar-refractivity contribution in [2.45, 2.75) is 19.6 Å². The molecule has 1 fully saturated rings. The summed E-state index contributed by atoms with van der Waals surface area (Å²) in [5.74, 6) is -0.494. The minimum Gasteiger partial charge on any atom is -0.379 e. The van der Waals surface area contributed by atoms with E-state index in [2.05, 4.69) is 25.5 Å². The number of carbonyl (C=O) groups is 1. The lowest BCUT2D eigenvalue weighted by atomic mass is 9.96. The van der Waals surface area contributed by atoms with Crippen LogP contribution in [-0.4, -0.2) is 63.6 Å². The summed E-state index contributed by atoms with van der Waals surface area (Å²) in [5.41, 5.74) is 4.81. The first-order valence-electron chi connectivity index (χ1n) is 13.7. The Bertz CT molecular complexity index is 1740. The molecule has 42 heavy (non-hydrogen) atoms. The quantitative estimate of drug-likeness (QED) is 0.249. The predicted octanol–water partition coefficient (Wildman–Crippen LogP) is 6.01. The molecule has 0 atom stereocenters. The zero-order valence-corrected chi connectivity index (χ0v) is 22.9. The standard InChI is InChI=1S/C31H29F3N6O2/c1-20-5-6-22(30(41)36-25-4-2-3-24(17-25)31(32,33)34)15-27(20)21-7-8-26-28(16-21)37-38-29(26)23-18-35-40(19-23)10-9-39-11-13-42-14-12-39/h2-8,15-19H,9-14H2,1H3,(H,36,41)(H,37,38). The molecule has 8 nitrogen and oxygen atoms in total. The summed E-state index contributed by atoms with van der Waals surface area (Å²) < 4.78 is 46.6. The van der Waals surface area contributed by atoms with Crippen molar-refractivity contribution in [1.29, 1.82) is 0 Å². The molecule has 1 saturated heterocycles. The molecule has 0 saturated carbocycles. The Morgan fingerprint density at radius 3 is 2.67 bits per heavy atom. The maximum atomic E-state index is 13.1. The van der Waals surface area contributed by atoms with Gasteiger partial charge in [-0.15, -0.1) is 0 Å². The third kappa shape index (κ3) is 5.93. The molecule has 1 aliphatic rings. The Morgan fingerprint density at radius 2 is 1.86 bits per heavy atom. The fourth-order valence-corrected chi connectivity index (χ4v) is 5.13. The van der Waals surface area contributed by atoms with E-state index in [0.717, 1.165) is 90.4 Å². The van der Waals surface area contributed by atoms with Gasteiger partial charge in [-0.25, -0.2) is 0 Å². The van der Waals surface area contributed by atoms with Crippen molar-refractivity contribution < 1.29 is 22.7 Å². The van der Waals surface area contributed by atoms with E-state index in [1.165, 1.54) is 12.1 Å². The van der Waals surface area contributed by atoms with Crippen molar-refractivity contribution in [3.8, 4) is 22.4 Å². The average molecular weight is 575 g/mol. The van der Waals surface area contributed by atoms with Gasteiger partial charge in [0, 0.05) is 48.0 Å². The van der Waals surface area contributed by atoms with Crippen LogP contribution >= 0.6 is 0 Å². The molecule has 3 heterocycles. The van der Waals surface area contributed by atoms with E-state index in [4.69, 9.17) is 4.74 Å². The van der Waals surface area contributed by atoms with Crippen molar-refractivity contribution in [1.82, 2.24) is 24.9 Å². The van der Waals surface area contributed by atoms with E-state index in [1.807, 2.05) is 48.3 Å². The first kappa shape index (κ1) is 27.7. The van der Waals surface area contributed by atoms with Gasteiger partial charge in [-0.1, -0.05) is 18.2 Å². The normalized spacial score (nSPS) is 14.4. The second kappa shape index (κ2) is 11.4. The van der Waals surface area contributed by atoms with Crippen LogP contribution in [0, 0.1) is 6.92 Å². The number of fused-ring (bicyclic) bond motifs is 1. The van der Waals surface area contributed by atoms with E-state index in [-0.39, 0.29) is 5.69 Å². The van der Waals surface area contributed by atoms with Gasteiger partial charge in [0.1, 0.15) is 5.69 Å². The fourth-order valence-electron chi connectivity index (χ4n) is 5.13. The summed E-state index contributed by atoms with van der Waals surface area (Å²) >= 11 is 0. The number of halogens is 3. The number of hydrogen-bond donors (Lipinski definition) is 2. The van der Waals surface area contributed by atoms with Gasteiger partial charge < -0.3 is 10.1 Å². The maximum Gasteiger partial charge on any atom is 0.416 e. The number of rotatable bonds is 7. The predicted molar refractivity (Wildman–Crippen MR) is 154 cm³/mol. The number of ether oxygens (including phenoxy) is 1. The first-order chi connectivity index (χ1) is 20.2. The molecule has 0 spiro atoms. The lowest BCUT2D eigenvalue weighted by molar-refractivity contribution is -0.137. The monoisotopic (exact) mass is 574 g/mol. The number of benzene rings is 3. The number of aryl methyl sites for hydroxylation is 1. The Hall–Kier alpha value is -4.48. The van der Waals surface area contributed by atoms with Crippen molar-refractivity contribution in [3.63, 3.8) is 0 Å². The van der Waals surface area contributed by atoms with Crippen LogP contribution in [0.5, 0.6) is 0 Å². The van der Waals surface area contributed by atoms with Crippen LogP contribution in [0.4, 0.5) is 18.9 Å². The number of aromatic nitrogens is 4. The van der Waals surface area contributed by atoms with E-state index in [1.54, 1.807) is 12.1 Å². The minimum atomic E-state index is -4.49. The second-order valence-electron chi connectivity index (χ2n) is 10.3. The van der Waals surface area contributed by atoms with Crippen LogP contribution in [0.25, 0.3) is 33.3 Å². The molecule has 0 radical (unpaired) electrons. The average Bonchev–Trinajstić information content (AvgIpc) is 3.63. The van der Waals surface area contributed by atoms with E-state index < -0.39 is 17.6 Å². The van der Waals surface area contributed by atoms with Crippen LogP contribution in [-0.2, 0) is 17.5 Å². The van der Waals surface area contributed by atoms with E-state index >= 15 is 0 Å². The van der Waals surface area contributed by atoms with Crippen LogP contribution < -0.4 is 5.32 Å². The number of H-pyrrole nitrogens is 1. The highest BCUT2D eigenvalue weighted by atomic mass is 19.4. The van der Waals surface area contributed by atoms with Gasteiger partial charge in [-0.05, 0) is 66.1 Å². The third-order valence-corrected chi connectivity index (χ3v) is 7.48. The number of carbonyl (C=O) groups excluding carboxylic acids is 1. The topological polar surface area (TPSA) is 88.1 Å². The van der Waals surface area contributed by atoms with Crippen molar-refractivity contribution >= 4 is 22.5 Å². The second-order valence-corrected chi connectivity index (χ2v) is 10.3. The molecule has 2 aromatic heterocycles. The molecule has 1 aliphatic heterocycles. The summed E-state index contributed by atoms with van der Waals surface area (Å²) in [4.78, 5) is 15.3. The Labute approximate surface area is 240 Å². The van der Waals surface area contributed by atoms with Gasteiger partial charge in [0.25, 0.3) is 5.91 Å². The number of nitrogens with one attached hydrogen (secondary N) is 2. The lowest BCUT2D eigenvalue weighted by Gasteiger charge is -2.26. The summed E-state index contributed by atoms with van der Waals surface area (Å²) in [5, 5.41) is 15.7. The van der Waals surface area contributed by atoms with Crippen LogP contribution in [0.2, 0.25) is 0 Å². The number of anilines is 1. The van der Waals surface area contributed by atoms with Gasteiger partial charge in [0.05, 0.1) is 37.0 Å². The van der Waals surface area contributed by atoms with E-state index in [9.17, 15) is 18.0 Å². The summed E-state index contributed by atoms with van der Waals surface area (Å²) in [7, 11) is 0. The zero-order valence-electron chi connectivity index (χ0n) is 22.9. The summed E-state index contributed by atoms with van der Waals surface area (Å²) in [6, 6.07) is 15.8. The molecule has 0 aliphatic carbocycles. The number of morpholine rings is 1. The van der Waals surface area contributed by atoms with Crippen molar-refractivity contribution in [2.75, 3.05) is 38.2 Å². The summed E-state index contributed by atoms with van der Waals surface area (Å²) in [6.07, 6.45) is -0.674. The number of aromatic amines is 1. The highest BCUT2D eigenvalue weighted by Crippen LogP contribution is 2.33. The van der Waals surface area contributed by atoms with Gasteiger partial charge in [-0.2, -0.15) is 23.4 Å². The summed E-state index contributed by atoms with van der Waals surface area (Å²) in [6.45, 7) is 7.03. The smallest absolute Gasteiger partial charge is 0.379 e. The van der Waals surface area contributed by atoms with Crippen LogP contribution in [0.3, 0.4) is 0 Å². The number of amides is 1. The number of alkyl halides is 3.